The molecule has 0 aliphatic heterocycles. The second-order valence-electron chi connectivity index (χ2n) is 15.6. The number of hydrogen-bond acceptors (Lipinski definition) is 1. The van der Waals surface area contributed by atoms with Gasteiger partial charge in [-0.1, -0.05) is 147 Å². The highest BCUT2D eigenvalue weighted by atomic mass is 16.3. The number of furan rings is 1. The minimum Gasteiger partial charge on any atom is -0.456 e. The number of rotatable bonds is 2. The Labute approximate surface area is 312 Å². The van der Waals surface area contributed by atoms with Crippen LogP contribution in [0.5, 0.6) is 0 Å². The summed E-state index contributed by atoms with van der Waals surface area (Å²) in [4.78, 5) is 0. The molecule has 0 fully saturated rings. The topological polar surface area (TPSA) is 13.1 Å². The van der Waals surface area contributed by atoms with Crippen molar-refractivity contribution in [2.75, 3.05) is 0 Å². The second kappa shape index (κ2) is 10.7. The van der Waals surface area contributed by atoms with E-state index in [0.29, 0.717) is 0 Å². The fraction of sp³-hybridized carbons (Fsp3) is 0.0566. The maximum atomic E-state index is 6.23. The van der Waals surface area contributed by atoms with Gasteiger partial charge in [0.15, 0.2) is 0 Å². The van der Waals surface area contributed by atoms with Crippen molar-refractivity contribution in [1.29, 1.82) is 0 Å². The van der Waals surface area contributed by atoms with Crippen molar-refractivity contribution in [3.63, 3.8) is 0 Å². The SMILES string of the molecule is CC1(C)c2cc(-c3c4ccccc4c(-c4ccc5oc6ccccc6c5c4)c4ccccc34)ccc2-c2cc3c4ccccc4c4ccccc4c3cc21. The van der Waals surface area contributed by atoms with E-state index in [1.54, 1.807) is 0 Å². The lowest BCUT2D eigenvalue weighted by molar-refractivity contribution is 0.661. The Balaban J connectivity index is 1.10. The molecule has 1 aliphatic rings. The fourth-order valence-electron chi connectivity index (χ4n) is 9.92. The molecule has 0 saturated carbocycles. The zero-order chi connectivity index (χ0) is 35.7. The molecule has 0 spiro atoms. The normalized spacial score (nSPS) is 13.5. The van der Waals surface area contributed by atoms with Gasteiger partial charge in [-0.05, 0) is 135 Å². The van der Waals surface area contributed by atoms with Gasteiger partial charge in [-0.15, -0.1) is 0 Å². The van der Waals surface area contributed by atoms with Crippen LogP contribution in [0.4, 0.5) is 0 Å². The van der Waals surface area contributed by atoms with Gasteiger partial charge in [-0.25, -0.2) is 0 Å². The molecule has 0 amide bonds. The lowest BCUT2D eigenvalue weighted by Crippen LogP contribution is -2.15. The van der Waals surface area contributed by atoms with Crippen LogP contribution in [0, 0.1) is 0 Å². The van der Waals surface area contributed by atoms with Crippen molar-refractivity contribution in [2.24, 2.45) is 0 Å². The molecular formula is C53H34O. The summed E-state index contributed by atoms with van der Waals surface area (Å²) in [6, 6.07) is 63.0. The molecule has 1 aliphatic carbocycles. The zero-order valence-corrected chi connectivity index (χ0v) is 30.1. The highest BCUT2D eigenvalue weighted by Gasteiger charge is 2.36. The van der Waals surface area contributed by atoms with Crippen molar-refractivity contribution >= 4 is 75.8 Å². The number of benzene rings is 10. The number of fused-ring (bicyclic) bond motifs is 14. The van der Waals surface area contributed by atoms with Crippen LogP contribution >= 0.6 is 0 Å². The molecule has 0 bridgehead atoms. The van der Waals surface area contributed by atoms with Crippen molar-refractivity contribution in [3.8, 4) is 33.4 Å². The summed E-state index contributed by atoms with van der Waals surface area (Å²) in [6.07, 6.45) is 0. The second-order valence-corrected chi connectivity index (χ2v) is 15.6. The third-order valence-corrected chi connectivity index (χ3v) is 12.4. The molecule has 252 valence electrons. The summed E-state index contributed by atoms with van der Waals surface area (Å²) in [6.45, 7) is 4.82. The van der Waals surface area contributed by atoms with Crippen LogP contribution in [0.3, 0.4) is 0 Å². The number of hydrogen-bond donors (Lipinski definition) is 0. The quantitative estimate of drug-likeness (QED) is 0.130. The Hall–Kier alpha value is -6.70. The average Bonchev–Trinajstić information content (AvgIpc) is 3.70. The molecule has 11 aromatic rings. The molecule has 12 rings (SSSR count). The maximum Gasteiger partial charge on any atom is 0.135 e. The van der Waals surface area contributed by atoms with Crippen molar-refractivity contribution in [1.82, 2.24) is 0 Å². The molecule has 1 heterocycles. The first kappa shape index (κ1) is 29.8. The van der Waals surface area contributed by atoms with Gasteiger partial charge in [-0.2, -0.15) is 0 Å². The van der Waals surface area contributed by atoms with Gasteiger partial charge in [0.05, 0.1) is 0 Å². The predicted octanol–water partition coefficient (Wildman–Crippen LogP) is 15.0. The summed E-state index contributed by atoms with van der Waals surface area (Å²) >= 11 is 0. The first-order valence-electron chi connectivity index (χ1n) is 18.9. The Kier molecular flexibility index (Phi) is 5.90. The molecule has 54 heavy (non-hydrogen) atoms. The number of para-hydroxylation sites is 1. The minimum absolute atomic E-state index is 0.171. The Morgan fingerprint density at radius 1 is 0.315 bits per heavy atom. The summed E-state index contributed by atoms with van der Waals surface area (Å²) in [5.41, 5.74) is 12.1. The zero-order valence-electron chi connectivity index (χ0n) is 30.1. The van der Waals surface area contributed by atoms with E-state index in [4.69, 9.17) is 4.42 Å². The predicted molar refractivity (Wildman–Crippen MR) is 230 cm³/mol. The van der Waals surface area contributed by atoms with E-state index in [2.05, 4.69) is 178 Å². The Morgan fingerprint density at radius 2 is 0.741 bits per heavy atom. The molecule has 1 heteroatoms. The monoisotopic (exact) mass is 686 g/mol. The third kappa shape index (κ3) is 3.94. The summed E-state index contributed by atoms with van der Waals surface area (Å²) in [5, 5.41) is 15.3. The van der Waals surface area contributed by atoms with Crippen molar-refractivity contribution < 1.29 is 4.42 Å². The van der Waals surface area contributed by atoms with Crippen LogP contribution in [-0.4, -0.2) is 0 Å². The van der Waals surface area contributed by atoms with E-state index in [1.807, 2.05) is 6.07 Å². The largest absolute Gasteiger partial charge is 0.456 e. The maximum absolute atomic E-state index is 6.23. The Bertz CT molecular complexity index is 3350. The minimum atomic E-state index is -0.171. The van der Waals surface area contributed by atoms with E-state index >= 15 is 0 Å². The Morgan fingerprint density at radius 3 is 1.33 bits per heavy atom. The molecule has 1 aromatic heterocycles. The molecule has 0 saturated heterocycles. The van der Waals surface area contributed by atoms with Crippen LogP contribution in [0.2, 0.25) is 0 Å². The van der Waals surface area contributed by atoms with E-state index in [1.165, 1.54) is 98.4 Å². The van der Waals surface area contributed by atoms with E-state index in [-0.39, 0.29) is 5.41 Å². The lowest BCUT2D eigenvalue weighted by Gasteiger charge is -2.23. The van der Waals surface area contributed by atoms with Gasteiger partial charge in [0.2, 0.25) is 0 Å². The summed E-state index contributed by atoms with van der Waals surface area (Å²) in [7, 11) is 0. The molecular weight excluding hydrogens is 653 g/mol. The summed E-state index contributed by atoms with van der Waals surface area (Å²) < 4.78 is 6.23. The van der Waals surface area contributed by atoms with Gasteiger partial charge in [0.25, 0.3) is 0 Å². The molecule has 1 nitrogen and oxygen atoms in total. The van der Waals surface area contributed by atoms with Crippen LogP contribution < -0.4 is 0 Å². The lowest BCUT2D eigenvalue weighted by atomic mass is 9.79. The molecule has 0 unspecified atom stereocenters. The standard InChI is InChI=1S/C53H34O/c1-53(2)47-28-32(23-25-37(47)45-29-43-35-15-5-3-13-33(35)34-14-4-6-16-36(34)44(43)30-48(45)53)52-41-20-9-7-18-39(41)51(40-19-8-10-21-42(40)52)31-24-26-50-46(27-31)38-17-11-12-22-49(38)54-50/h3-30H,1-2H3. The van der Waals surface area contributed by atoms with Crippen LogP contribution in [0.25, 0.3) is 109 Å². The first-order chi connectivity index (χ1) is 26.5. The van der Waals surface area contributed by atoms with Crippen LogP contribution in [0.1, 0.15) is 25.0 Å². The van der Waals surface area contributed by atoms with E-state index in [9.17, 15) is 0 Å². The van der Waals surface area contributed by atoms with E-state index < -0.39 is 0 Å². The average molecular weight is 687 g/mol. The van der Waals surface area contributed by atoms with Gasteiger partial charge in [0, 0.05) is 16.2 Å². The first-order valence-corrected chi connectivity index (χ1v) is 18.9. The van der Waals surface area contributed by atoms with Gasteiger partial charge >= 0.3 is 0 Å². The fourth-order valence-corrected chi connectivity index (χ4v) is 9.92. The third-order valence-electron chi connectivity index (χ3n) is 12.4. The summed E-state index contributed by atoms with van der Waals surface area (Å²) in [5.74, 6) is 0. The van der Waals surface area contributed by atoms with Gasteiger partial charge in [-0.3, -0.25) is 0 Å². The highest BCUT2D eigenvalue weighted by molar-refractivity contribution is 6.26. The molecule has 10 aromatic carbocycles. The van der Waals surface area contributed by atoms with Gasteiger partial charge in [0.1, 0.15) is 11.2 Å². The van der Waals surface area contributed by atoms with E-state index in [0.717, 1.165) is 21.9 Å². The van der Waals surface area contributed by atoms with Crippen molar-refractivity contribution in [2.45, 2.75) is 19.3 Å². The van der Waals surface area contributed by atoms with Crippen molar-refractivity contribution in [3.05, 3.63) is 181 Å². The smallest absolute Gasteiger partial charge is 0.135 e. The van der Waals surface area contributed by atoms with Gasteiger partial charge < -0.3 is 4.42 Å². The van der Waals surface area contributed by atoms with Crippen LogP contribution in [0.15, 0.2) is 174 Å². The molecule has 0 atom stereocenters. The molecule has 0 N–H and O–H groups in total. The highest BCUT2D eigenvalue weighted by Crippen LogP contribution is 2.53. The van der Waals surface area contributed by atoms with Crippen LogP contribution in [-0.2, 0) is 5.41 Å². The molecule has 0 radical (unpaired) electrons.